The van der Waals surface area contributed by atoms with Gasteiger partial charge in [-0.05, 0) is 68.3 Å². The number of aromatic nitrogens is 2. The first-order valence-electron chi connectivity index (χ1n) is 21.1. The molecule has 12 rings (SSSR count). The second-order valence-corrected chi connectivity index (χ2v) is 16.1. The Morgan fingerprint density at radius 2 is 0.839 bits per heavy atom. The van der Waals surface area contributed by atoms with Crippen molar-refractivity contribution in [2.24, 2.45) is 0 Å². The maximum atomic E-state index is 6.42. The number of fused-ring (bicyclic) bond motifs is 6. The minimum absolute atomic E-state index is 0.519. The maximum Gasteiger partial charge on any atom is 0.160 e. The first-order valence-corrected chi connectivity index (χ1v) is 21.1. The van der Waals surface area contributed by atoms with Gasteiger partial charge in [-0.25, -0.2) is 9.97 Å². The van der Waals surface area contributed by atoms with Crippen LogP contribution in [-0.4, -0.2) is 9.97 Å². The Kier molecular flexibility index (Phi) is 8.39. The number of hydrogen-bond donors (Lipinski definition) is 0. The van der Waals surface area contributed by atoms with E-state index in [4.69, 9.17) is 14.4 Å². The summed E-state index contributed by atoms with van der Waals surface area (Å²) in [5, 5.41) is 2.24. The fourth-order valence-electron chi connectivity index (χ4n) is 9.71. The highest BCUT2D eigenvalue weighted by atomic mass is 16.3. The van der Waals surface area contributed by atoms with E-state index in [1.807, 2.05) is 18.2 Å². The Labute approximate surface area is 360 Å². The fraction of sp³-hybridized carbons (Fsp3) is 0.0169. The van der Waals surface area contributed by atoms with Crippen LogP contribution in [0.4, 0.5) is 0 Å². The minimum atomic E-state index is -0.519. The highest BCUT2D eigenvalue weighted by molar-refractivity contribution is 6.09. The number of para-hydroxylation sites is 2. The van der Waals surface area contributed by atoms with Crippen molar-refractivity contribution in [1.29, 1.82) is 0 Å². The second-order valence-electron chi connectivity index (χ2n) is 16.1. The topological polar surface area (TPSA) is 38.9 Å². The molecule has 3 heteroatoms. The maximum absolute atomic E-state index is 6.42. The highest BCUT2D eigenvalue weighted by Gasteiger charge is 2.46. The van der Waals surface area contributed by atoms with Gasteiger partial charge in [0.05, 0.1) is 16.8 Å². The van der Waals surface area contributed by atoms with Crippen molar-refractivity contribution in [2.45, 2.75) is 5.41 Å². The number of nitrogens with zero attached hydrogens (tertiary/aromatic N) is 2. The van der Waals surface area contributed by atoms with Crippen molar-refractivity contribution in [3.05, 3.63) is 253 Å². The van der Waals surface area contributed by atoms with E-state index in [0.717, 1.165) is 66.7 Å². The predicted octanol–water partition coefficient (Wildman–Crippen LogP) is 15.1. The van der Waals surface area contributed by atoms with Gasteiger partial charge >= 0.3 is 0 Å². The third-order valence-electron chi connectivity index (χ3n) is 12.6. The first kappa shape index (κ1) is 35.8. The summed E-state index contributed by atoms with van der Waals surface area (Å²) in [6, 6.07) is 82.2. The van der Waals surface area contributed by atoms with Gasteiger partial charge in [0.25, 0.3) is 0 Å². The van der Waals surface area contributed by atoms with Crippen molar-refractivity contribution in [3.8, 4) is 67.3 Å². The van der Waals surface area contributed by atoms with E-state index in [-0.39, 0.29) is 0 Å². The zero-order valence-electron chi connectivity index (χ0n) is 33.7. The normalized spacial score (nSPS) is 12.6. The Bertz CT molecular complexity index is 3390. The van der Waals surface area contributed by atoms with Crippen LogP contribution in [0.5, 0.6) is 0 Å². The van der Waals surface area contributed by atoms with Crippen LogP contribution in [-0.2, 0) is 5.41 Å². The lowest BCUT2D eigenvalue weighted by atomic mass is 9.67. The van der Waals surface area contributed by atoms with Crippen LogP contribution in [0, 0.1) is 0 Å². The van der Waals surface area contributed by atoms with Crippen LogP contribution in [0.15, 0.2) is 235 Å². The molecule has 0 fully saturated rings. The van der Waals surface area contributed by atoms with Crippen molar-refractivity contribution in [3.63, 3.8) is 0 Å². The molecule has 9 aromatic carbocycles. The lowest BCUT2D eigenvalue weighted by Gasteiger charge is -2.34. The van der Waals surface area contributed by atoms with E-state index in [9.17, 15) is 0 Å². The van der Waals surface area contributed by atoms with Gasteiger partial charge in [-0.2, -0.15) is 0 Å². The average molecular weight is 791 g/mol. The first-order chi connectivity index (χ1) is 30.7. The molecule has 62 heavy (non-hydrogen) atoms. The van der Waals surface area contributed by atoms with Crippen LogP contribution >= 0.6 is 0 Å². The standard InChI is InChI=1S/C59H38N2O/c1-4-15-39(16-5-1)40-27-33-43(34-28-40)58-60-54(42-31-29-41(30-32-42)47-23-14-24-51-50-22-11-13-26-56(50)62-57(47)51)38-55(61-58)44-35-36-49-48-21-10-12-25-52(48)59(53(49)37-44,45-17-6-2-7-18-45)46-19-8-3-9-20-46/h1-38H. The molecule has 0 atom stereocenters. The van der Waals surface area contributed by atoms with Crippen molar-refractivity contribution in [2.75, 3.05) is 0 Å². The van der Waals surface area contributed by atoms with Gasteiger partial charge in [-0.1, -0.05) is 212 Å². The Balaban J connectivity index is 1.02. The average Bonchev–Trinajstić information content (AvgIpc) is 3.89. The van der Waals surface area contributed by atoms with Gasteiger partial charge in [0.15, 0.2) is 5.82 Å². The highest BCUT2D eigenvalue weighted by Crippen LogP contribution is 2.56. The molecule has 0 saturated heterocycles. The third-order valence-corrected chi connectivity index (χ3v) is 12.6. The molecule has 2 heterocycles. The Morgan fingerprint density at radius 1 is 0.323 bits per heavy atom. The van der Waals surface area contributed by atoms with E-state index >= 15 is 0 Å². The fourth-order valence-corrected chi connectivity index (χ4v) is 9.71. The van der Waals surface area contributed by atoms with Crippen molar-refractivity contribution >= 4 is 21.9 Å². The molecule has 1 aliphatic rings. The summed E-state index contributed by atoms with van der Waals surface area (Å²) >= 11 is 0. The van der Waals surface area contributed by atoms with Gasteiger partial charge < -0.3 is 4.42 Å². The van der Waals surface area contributed by atoms with Gasteiger partial charge in [-0.3, -0.25) is 0 Å². The molecule has 290 valence electrons. The second kappa shape index (κ2) is 14.5. The summed E-state index contributed by atoms with van der Waals surface area (Å²) in [5.41, 5.74) is 17.9. The molecule has 0 spiro atoms. The Morgan fingerprint density at radius 3 is 1.58 bits per heavy atom. The Hall–Kier alpha value is -8.14. The quantitative estimate of drug-likeness (QED) is 0.161. The molecule has 0 aliphatic heterocycles. The molecule has 11 aromatic rings. The lowest BCUT2D eigenvalue weighted by molar-refractivity contribution is 0.670. The molecule has 1 aliphatic carbocycles. The molecule has 3 nitrogen and oxygen atoms in total. The monoisotopic (exact) mass is 790 g/mol. The van der Waals surface area contributed by atoms with E-state index in [0.29, 0.717) is 5.82 Å². The largest absolute Gasteiger partial charge is 0.455 e. The predicted molar refractivity (Wildman–Crippen MR) is 254 cm³/mol. The van der Waals surface area contributed by atoms with Gasteiger partial charge in [0.1, 0.15) is 11.2 Å². The SMILES string of the molecule is c1ccc(-c2ccc(-c3nc(-c4ccc(-c5cccc6c5oc5ccccc56)cc4)cc(-c4ccc5c(c4)C(c4ccccc4)(c4ccccc4)c4ccccc4-5)n3)cc2)cc1. The van der Waals surface area contributed by atoms with Gasteiger partial charge in [0.2, 0.25) is 0 Å². The zero-order valence-corrected chi connectivity index (χ0v) is 33.7. The summed E-state index contributed by atoms with van der Waals surface area (Å²) < 4.78 is 6.42. The summed E-state index contributed by atoms with van der Waals surface area (Å²) in [7, 11) is 0. The van der Waals surface area contributed by atoms with Crippen molar-refractivity contribution < 1.29 is 4.42 Å². The molecule has 2 aromatic heterocycles. The van der Waals surface area contributed by atoms with Crippen LogP contribution < -0.4 is 0 Å². The molecular weight excluding hydrogens is 753 g/mol. The van der Waals surface area contributed by atoms with E-state index in [2.05, 4.69) is 212 Å². The van der Waals surface area contributed by atoms with Gasteiger partial charge in [-0.15, -0.1) is 0 Å². The smallest absolute Gasteiger partial charge is 0.160 e. The van der Waals surface area contributed by atoms with Crippen LogP contribution in [0.25, 0.3) is 89.2 Å². The molecule has 0 radical (unpaired) electrons. The van der Waals surface area contributed by atoms with E-state index in [1.54, 1.807) is 0 Å². The van der Waals surface area contributed by atoms with Gasteiger partial charge in [0, 0.05) is 33.0 Å². The number of furan rings is 1. The summed E-state index contributed by atoms with van der Waals surface area (Å²) in [6.45, 7) is 0. The van der Waals surface area contributed by atoms with Crippen LogP contribution in [0.3, 0.4) is 0 Å². The minimum Gasteiger partial charge on any atom is -0.455 e. The summed E-state index contributed by atoms with van der Waals surface area (Å²) in [6.07, 6.45) is 0. The molecule has 0 bridgehead atoms. The molecule has 0 amide bonds. The van der Waals surface area contributed by atoms with Crippen LogP contribution in [0.2, 0.25) is 0 Å². The molecule has 0 saturated carbocycles. The van der Waals surface area contributed by atoms with E-state index < -0.39 is 5.41 Å². The number of hydrogen-bond acceptors (Lipinski definition) is 3. The third kappa shape index (κ3) is 5.74. The summed E-state index contributed by atoms with van der Waals surface area (Å²) in [4.78, 5) is 10.6. The molecule has 0 unspecified atom stereocenters. The van der Waals surface area contributed by atoms with E-state index in [1.165, 1.54) is 38.9 Å². The van der Waals surface area contributed by atoms with Crippen LogP contribution in [0.1, 0.15) is 22.3 Å². The van der Waals surface area contributed by atoms with Crippen molar-refractivity contribution in [1.82, 2.24) is 9.97 Å². The number of benzene rings is 9. The lowest BCUT2D eigenvalue weighted by Crippen LogP contribution is -2.28. The molecule has 0 N–H and O–H groups in total. The molecular formula is C59H38N2O. The number of rotatable bonds is 7. The summed E-state index contributed by atoms with van der Waals surface area (Å²) in [5.74, 6) is 0.675. The zero-order chi connectivity index (χ0) is 41.0.